The maximum absolute atomic E-state index is 5.91. The molecule has 0 unspecified atom stereocenters. The normalized spacial score (nSPS) is 10.8. The largest absolute Gasteiger partial charge is 0.157 e. The Balaban J connectivity index is 1.95. The Bertz CT molecular complexity index is 751. The molecule has 0 spiro atoms. The van der Waals surface area contributed by atoms with Crippen LogP contribution in [0.1, 0.15) is 16.0 Å². The highest BCUT2D eigenvalue weighted by Crippen LogP contribution is 2.19. The minimum absolute atomic E-state index is 0.747. The van der Waals surface area contributed by atoms with Crippen molar-refractivity contribution in [3.63, 3.8) is 0 Å². The standard InChI is InChI=1S/C18H13ClN2S/c19-17-12-11-16(22-17)13-20-21-18(14-7-3-1-4-8-14)15-9-5-2-6-10-15/h1-13H/b20-13+. The minimum atomic E-state index is 0.747. The van der Waals surface area contributed by atoms with Gasteiger partial charge in [0.05, 0.1) is 10.6 Å². The topological polar surface area (TPSA) is 24.7 Å². The smallest absolute Gasteiger partial charge is 0.100 e. The molecule has 0 bridgehead atoms. The van der Waals surface area contributed by atoms with E-state index in [1.807, 2.05) is 72.8 Å². The Kier molecular flexibility index (Phi) is 4.78. The second kappa shape index (κ2) is 7.16. The van der Waals surface area contributed by atoms with Crippen LogP contribution in [-0.4, -0.2) is 11.9 Å². The summed E-state index contributed by atoms with van der Waals surface area (Å²) >= 11 is 7.39. The maximum atomic E-state index is 5.91. The van der Waals surface area contributed by atoms with Crippen LogP contribution in [0.25, 0.3) is 0 Å². The molecule has 0 atom stereocenters. The van der Waals surface area contributed by atoms with Gasteiger partial charge in [0.25, 0.3) is 0 Å². The van der Waals surface area contributed by atoms with Gasteiger partial charge in [0.2, 0.25) is 0 Å². The minimum Gasteiger partial charge on any atom is -0.157 e. The number of thiophene rings is 1. The van der Waals surface area contributed by atoms with Gasteiger partial charge < -0.3 is 0 Å². The molecular formula is C18H13ClN2S. The third-order valence-electron chi connectivity index (χ3n) is 3.03. The zero-order valence-electron chi connectivity index (χ0n) is 11.7. The summed E-state index contributed by atoms with van der Waals surface area (Å²) in [6.45, 7) is 0. The third-order valence-corrected chi connectivity index (χ3v) is 4.20. The highest BCUT2D eigenvalue weighted by atomic mass is 35.5. The van der Waals surface area contributed by atoms with Gasteiger partial charge in [-0.3, -0.25) is 0 Å². The molecule has 0 fully saturated rings. The average Bonchev–Trinajstić information content (AvgIpc) is 2.99. The van der Waals surface area contributed by atoms with Crippen molar-refractivity contribution >= 4 is 34.9 Å². The van der Waals surface area contributed by atoms with Crippen LogP contribution in [0.15, 0.2) is 83.0 Å². The van der Waals surface area contributed by atoms with E-state index >= 15 is 0 Å². The molecular weight excluding hydrogens is 312 g/mol. The van der Waals surface area contributed by atoms with Gasteiger partial charge in [-0.15, -0.1) is 16.4 Å². The Morgan fingerprint density at radius 1 is 0.818 bits per heavy atom. The van der Waals surface area contributed by atoms with Gasteiger partial charge in [-0.2, -0.15) is 5.10 Å². The highest BCUT2D eigenvalue weighted by Gasteiger charge is 2.05. The molecule has 0 aliphatic heterocycles. The van der Waals surface area contributed by atoms with Crippen molar-refractivity contribution in [2.24, 2.45) is 10.2 Å². The lowest BCUT2D eigenvalue weighted by atomic mass is 10.0. The van der Waals surface area contributed by atoms with Crippen LogP contribution in [-0.2, 0) is 0 Å². The molecule has 0 aliphatic carbocycles. The van der Waals surface area contributed by atoms with Crippen LogP contribution in [0.4, 0.5) is 0 Å². The monoisotopic (exact) mass is 324 g/mol. The molecule has 3 rings (SSSR count). The number of nitrogens with zero attached hydrogens (tertiary/aromatic N) is 2. The van der Waals surface area contributed by atoms with Crippen molar-refractivity contribution < 1.29 is 0 Å². The van der Waals surface area contributed by atoms with E-state index in [2.05, 4.69) is 10.2 Å². The first kappa shape index (κ1) is 14.7. The number of halogens is 1. The fourth-order valence-corrected chi connectivity index (χ4v) is 2.94. The van der Waals surface area contributed by atoms with E-state index in [9.17, 15) is 0 Å². The summed E-state index contributed by atoms with van der Waals surface area (Å²) in [4.78, 5) is 0.981. The SMILES string of the molecule is Clc1ccc(/C=N/N=C(c2ccccc2)c2ccccc2)s1. The van der Waals surface area contributed by atoms with E-state index in [-0.39, 0.29) is 0 Å². The van der Waals surface area contributed by atoms with Crippen LogP contribution in [0.5, 0.6) is 0 Å². The van der Waals surface area contributed by atoms with Gasteiger partial charge in [0.15, 0.2) is 0 Å². The Hall–Kier alpha value is -2.23. The van der Waals surface area contributed by atoms with Gasteiger partial charge in [-0.1, -0.05) is 72.3 Å². The summed E-state index contributed by atoms with van der Waals surface area (Å²) in [5.74, 6) is 0. The van der Waals surface area contributed by atoms with Gasteiger partial charge in [0, 0.05) is 16.0 Å². The molecule has 22 heavy (non-hydrogen) atoms. The van der Waals surface area contributed by atoms with Crippen molar-refractivity contribution in [1.29, 1.82) is 0 Å². The van der Waals surface area contributed by atoms with Crippen molar-refractivity contribution in [1.82, 2.24) is 0 Å². The van der Waals surface area contributed by atoms with E-state index in [0.29, 0.717) is 0 Å². The average molecular weight is 325 g/mol. The number of hydrogen-bond donors (Lipinski definition) is 0. The first-order valence-electron chi connectivity index (χ1n) is 6.80. The van der Waals surface area contributed by atoms with E-state index in [1.54, 1.807) is 6.21 Å². The summed E-state index contributed by atoms with van der Waals surface area (Å²) in [5, 5.41) is 8.64. The molecule has 108 valence electrons. The van der Waals surface area contributed by atoms with E-state index in [4.69, 9.17) is 11.6 Å². The van der Waals surface area contributed by atoms with Crippen LogP contribution in [0.3, 0.4) is 0 Å². The number of hydrogen-bond acceptors (Lipinski definition) is 3. The predicted molar refractivity (Wildman–Crippen MR) is 95.4 cm³/mol. The lowest BCUT2D eigenvalue weighted by Crippen LogP contribution is -2.02. The zero-order valence-corrected chi connectivity index (χ0v) is 13.3. The lowest BCUT2D eigenvalue weighted by molar-refractivity contribution is 1.25. The molecule has 2 nitrogen and oxygen atoms in total. The van der Waals surface area contributed by atoms with Gasteiger partial charge in [-0.05, 0) is 12.1 Å². The predicted octanol–water partition coefficient (Wildman–Crippen LogP) is 5.27. The first-order chi connectivity index (χ1) is 10.8. The van der Waals surface area contributed by atoms with Crippen LogP contribution in [0.2, 0.25) is 4.34 Å². The second-order valence-electron chi connectivity index (χ2n) is 4.57. The molecule has 3 aromatic rings. The van der Waals surface area contributed by atoms with Gasteiger partial charge >= 0.3 is 0 Å². The van der Waals surface area contributed by atoms with Crippen molar-refractivity contribution in [3.05, 3.63) is 93.1 Å². The summed E-state index contributed by atoms with van der Waals surface area (Å²) in [6, 6.07) is 23.9. The summed E-state index contributed by atoms with van der Waals surface area (Å²) in [6.07, 6.45) is 1.72. The van der Waals surface area contributed by atoms with E-state index in [1.165, 1.54) is 11.3 Å². The maximum Gasteiger partial charge on any atom is 0.100 e. The fourth-order valence-electron chi connectivity index (χ4n) is 2.02. The molecule has 1 aromatic heterocycles. The quantitative estimate of drug-likeness (QED) is 0.461. The molecule has 1 heterocycles. The van der Waals surface area contributed by atoms with E-state index in [0.717, 1.165) is 26.1 Å². The molecule has 0 amide bonds. The van der Waals surface area contributed by atoms with Crippen molar-refractivity contribution in [2.75, 3.05) is 0 Å². The Morgan fingerprint density at radius 3 is 1.91 bits per heavy atom. The second-order valence-corrected chi connectivity index (χ2v) is 6.31. The molecule has 2 aromatic carbocycles. The third kappa shape index (κ3) is 3.70. The zero-order chi connectivity index (χ0) is 15.2. The molecule has 0 saturated carbocycles. The molecule has 0 N–H and O–H groups in total. The van der Waals surface area contributed by atoms with Crippen molar-refractivity contribution in [3.8, 4) is 0 Å². The summed E-state index contributed by atoms with van der Waals surface area (Å²) in [7, 11) is 0. The fraction of sp³-hybridized carbons (Fsp3) is 0. The van der Waals surface area contributed by atoms with Crippen LogP contribution >= 0.6 is 22.9 Å². The number of benzene rings is 2. The lowest BCUT2D eigenvalue weighted by Gasteiger charge is -2.04. The molecule has 0 saturated heterocycles. The highest BCUT2D eigenvalue weighted by molar-refractivity contribution is 7.17. The Morgan fingerprint density at radius 2 is 1.41 bits per heavy atom. The van der Waals surface area contributed by atoms with E-state index < -0.39 is 0 Å². The molecule has 4 heteroatoms. The van der Waals surface area contributed by atoms with Crippen LogP contribution in [0, 0.1) is 0 Å². The van der Waals surface area contributed by atoms with Gasteiger partial charge in [-0.25, -0.2) is 0 Å². The van der Waals surface area contributed by atoms with Crippen LogP contribution < -0.4 is 0 Å². The summed E-state index contributed by atoms with van der Waals surface area (Å²) in [5.41, 5.74) is 2.92. The number of rotatable bonds is 4. The summed E-state index contributed by atoms with van der Waals surface area (Å²) < 4.78 is 0.747. The molecule has 0 radical (unpaired) electrons. The molecule has 0 aliphatic rings. The van der Waals surface area contributed by atoms with Gasteiger partial charge in [0.1, 0.15) is 5.71 Å². The van der Waals surface area contributed by atoms with Crippen molar-refractivity contribution in [2.45, 2.75) is 0 Å². The first-order valence-corrected chi connectivity index (χ1v) is 7.99. The Labute approximate surface area is 138 Å².